The number of nitriles is 1. The molecular weight excluding hydrogens is 230 g/mol. The molecule has 0 saturated carbocycles. The first-order valence-corrected chi connectivity index (χ1v) is 6.13. The first kappa shape index (κ1) is 11.0. The standard InChI is InChI=1S/C13H13N3O2/c14-6-10-4-8-2-1-3-9-5-12(16(17)18)15-7-11(10)13(8)9/h3,5,8,10,15H,1-2,4,7H2. The second-order valence-corrected chi connectivity index (χ2v) is 4.93. The zero-order chi connectivity index (χ0) is 12.7. The zero-order valence-electron chi connectivity index (χ0n) is 9.85. The van der Waals surface area contributed by atoms with Crippen LogP contribution in [0, 0.1) is 33.3 Å². The molecule has 0 aromatic rings. The van der Waals surface area contributed by atoms with Crippen LogP contribution in [0.1, 0.15) is 19.3 Å². The Hall–Kier alpha value is -2.09. The molecule has 5 heteroatoms. The van der Waals surface area contributed by atoms with Gasteiger partial charge in [0.2, 0.25) is 0 Å². The van der Waals surface area contributed by atoms with Gasteiger partial charge in [-0.3, -0.25) is 5.32 Å². The summed E-state index contributed by atoms with van der Waals surface area (Å²) in [5.74, 6) is 0.361. The van der Waals surface area contributed by atoms with E-state index in [9.17, 15) is 15.4 Å². The summed E-state index contributed by atoms with van der Waals surface area (Å²) in [6.45, 7) is 0.425. The quantitative estimate of drug-likeness (QED) is 0.563. The number of nitro groups is 1. The van der Waals surface area contributed by atoms with Crippen LogP contribution >= 0.6 is 0 Å². The molecule has 2 unspecified atom stereocenters. The third kappa shape index (κ3) is 1.53. The molecule has 5 nitrogen and oxygen atoms in total. The lowest BCUT2D eigenvalue weighted by Gasteiger charge is -2.19. The Labute approximate surface area is 105 Å². The predicted octanol–water partition coefficient (Wildman–Crippen LogP) is 1.88. The molecule has 2 aliphatic carbocycles. The van der Waals surface area contributed by atoms with Crippen LogP contribution in [0.25, 0.3) is 0 Å². The van der Waals surface area contributed by atoms with Crippen LogP contribution in [0.15, 0.2) is 34.7 Å². The van der Waals surface area contributed by atoms with Crippen LogP contribution in [-0.4, -0.2) is 11.5 Å². The highest BCUT2D eigenvalue weighted by Gasteiger charge is 2.38. The van der Waals surface area contributed by atoms with Gasteiger partial charge >= 0.3 is 5.82 Å². The van der Waals surface area contributed by atoms with E-state index >= 15 is 0 Å². The molecule has 1 heterocycles. The molecule has 0 spiro atoms. The molecule has 1 aliphatic heterocycles. The summed E-state index contributed by atoms with van der Waals surface area (Å²) in [6.07, 6.45) is 6.55. The molecule has 0 aromatic heterocycles. The van der Waals surface area contributed by atoms with E-state index in [4.69, 9.17) is 0 Å². The van der Waals surface area contributed by atoms with Crippen molar-refractivity contribution in [1.82, 2.24) is 5.32 Å². The first-order chi connectivity index (χ1) is 8.70. The van der Waals surface area contributed by atoms with E-state index in [0.717, 1.165) is 30.4 Å². The van der Waals surface area contributed by atoms with Gasteiger partial charge in [-0.15, -0.1) is 0 Å². The van der Waals surface area contributed by atoms with Crippen molar-refractivity contribution in [2.75, 3.05) is 6.54 Å². The molecule has 92 valence electrons. The molecule has 2 atom stereocenters. The third-order valence-electron chi connectivity index (χ3n) is 3.99. The van der Waals surface area contributed by atoms with Crippen molar-refractivity contribution in [2.24, 2.45) is 11.8 Å². The summed E-state index contributed by atoms with van der Waals surface area (Å²) < 4.78 is 0. The number of hydrogen-bond acceptors (Lipinski definition) is 4. The summed E-state index contributed by atoms with van der Waals surface area (Å²) in [5.41, 5.74) is 3.20. The molecule has 18 heavy (non-hydrogen) atoms. The molecule has 0 aromatic carbocycles. The van der Waals surface area contributed by atoms with Gasteiger partial charge in [0.05, 0.1) is 12.0 Å². The smallest absolute Gasteiger partial charge is 0.317 e. The van der Waals surface area contributed by atoms with Gasteiger partial charge in [-0.05, 0) is 46.8 Å². The monoisotopic (exact) mass is 243 g/mol. The van der Waals surface area contributed by atoms with Crippen molar-refractivity contribution in [3.8, 4) is 6.07 Å². The average molecular weight is 243 g/mol. The Balaban J connectivity index is 2.07. The Morgan fingerprint density at radius 2 is 2.39 bits per heavy atom. The minimum Gasteiger partial charge on any atom is -0.358 e. The van der Waals surface area contributed by atoms with Gasteiger partial charge in [-0.2, -0.15) is 5.26 Å². The van der Waals surface area contributed by atoms with Gasteiger partial charge in [0.1, 0.15) is 6.54 Å². The lowest BCUT2D eigenvalue weighted by atomic mass is 9.84. The number of allylic oxidation sites excluding steroid dienone is 4. The van der Waals surface area contributed by atoms with E-state index in [1.54, 1.807) is 6.08 Å². The van der Waals surface area contributed by atoms with E-state index in [0.29, 0.717) is 12.5 Å². The van der Waals surface area contributed by atoms with Crippen LogP contribution < -0.4 is 5.32 Å². The number of rotatable bonds is 1. The number of nitrogens with one attached hydrogen (secondary N) is 1. The van der Waals surface area contributed by atoms with Crippen molar-refractivity contribution in [3.05, 3.63) is 44.8 Å². The molecule has 0 fully saturated rings. The lowest BCUT2D eigenvalue weighted by Crippen LogP contribution is -2.22. The molecule has 1 N–H and O–H groups in total. The highest BCUT2D eigenvalue weighted by molar-refractivity contribution is 5.52. The Bertz CT molecular complexity index is 551. The molecule has 3 rings (SSSR count). The van der Waals surface area contributed by atoms with E-state index in [2.05, 4.69) is 17.5 Å². The lowest BCUT2D eigenvalue weighted by molar-refractivity contribution is -0.431. The fraction of sp³-hybridized carbons (Fsp3) is 0.462. The number of hydrogen-bond donors (Lipinski definition) is 1. The summed E-state index contributed by atoms with van der Waals surface area (Å²) in [6, 6.07) is 2.33. The van der Waals surface area contributed by atoms with Gasteiger partial charge in [0.15, 0.2) is 0 Å². The number of nitrogens with zero attached hydrogens (tertiary/aromatic N) is 2. The fourth-order valence-corrected chi connectivity index (χ4v) is 3.21. The topological polar surface area (TPSA) is 79.0 Å². The minimum absolute atomic E-state index is 0.0352. The molecular formula is C13H13N3O2. The van der Waals surface area contributed by atoms with Gasteiger partial charge in [-0.25, -0.2) is 0 Å². The average Bonchev–Trinajstić information content (AvgIpc) is 2.59. The van der Waals surface area contributed by atoms with Crippen molar-refractivity contribution < 1.29 is 4.92 Å². The summed E-state index contributed by atoms with van der Waals surface area (Å²) in [5, 5.41) is 23.0. The van der Waals surface area contributed by atoms with Crippen LogP contribution in [0.4, 0.5) is 0 Å². The zero-order valence-corrected chi connectivity index (χ0v) is 9.85. The molecule has 0 amide bonds. The summed E-state index contributed by atoms with van der Waals surface area (Å²) >= 11 is 0. The first-order valence-electron chi connectivity index (χ1n) is 6.13. The summed E-state index contributed by atoms with van der Waals surface area (Å²) in [4.78, 5) is 10.5. The predicted molar refractivity (Wildman–Crippen MR) is 64.6 cm³/mol. The largest absolute Gasteiger partial charge is 0.358 e. The minimum atomic E-state index is -0.395. The maximum absolute atomic E-state index is 10.9. The van der Waals surface area contributed by atoms with Crippen molar-refractivity contribution in [1.29, 1.82) is 5.26 Å². The fourth-order valence-electron chi connectivity index (χ4n) is 3.21. The van der Waals surface area contributed by atoms with Crippen LogP contribution in [0.2, 0.25) is 0 Å². The van der Waals surface area contributed by atoms with Gasteiger partial charge in [0, 0.05) is 6.08 Å². The SMILES string of the molecule is N#CC1CC2CCC=C3C=C([N+](=O)[O-])NCC1=C32. The highest BCUT2D eigenvalue weighted by Crippen LogP contribution is 2.46. The molecule has 3 aliphatic rings. The van der Waals surface area contributed by atoms with Gasteiger partial charge in [0.25, 0.3) is 0 Å². The maximum Gasteiger partial charge on any atom is 0.317 e. The van der Waals surface area contributed by atoms with Crippen LogP contribution in [0.3, 0.4) is 0 Å². The highest BCUT2D eigenvalue weighted by atomic mass is 16.6. The summed E-state index contributed by atoms with van der Waals surface area (Å²) in [7, 11) is 0. The normalized spacial score (nSPS) is 29.5. The molecule has 0 radical (unpaired) electrons. The Morgan fingerprint density at radius 3 is 3.11 bits per heavy atom. The Morgan fingerprint density at radius 1 is 1.56 bits per heavy atom. The van der Waals surface area contributed by atoms with E-state index in [1.165, 1.54) is 5.57 Å². The molecule has 0 bridgehead atoms. The van der Waals surface area contributed by atoms with Gasteiger partial charge < -0.3 is 10.1 Å². The van der Waals surface area contributed by atoms with Crippen LogP contribution in [0.5, 0.6) is 0 Å². The third-order valence-corrected chi connectivity index (χ3v) is 3.99. The van der Waals surface area contributed by atoms with Gasteiger partial charge in [-0.1, -0.05) is 6.08 Å². The Kier molecular flexibility index (Phi) is 2.44. The van der Waals surface area contributed by atoms with Crippen molar-refractivity contribution in [2.45, 2.75) is 19.3 Å². The van der Waals surface area contributed by atoms with E-state index in [-0.39, 0.29) is 11.7 Å². The van der Waals surface area contributed by atoms with Crippen molar-refractivity contribution in [3.63, 3.8) is 0 Å². The van der Waals surface area contributed by atoms with E-state index < -0.39 is 4.92 Å². The van der Waals surface area contributed by atoms with Crippen molar-refractivity contribution >= 4 is 0 Å². The van der Waals surface area contributed by atoms with Crippen LogP contribution in [-0.2, 0) is 0 Å². The van der Waals surface area contributed by atoms with E-state index in [1.807, 2.05) is 0 Å². The molecule has 0 saturated heterocycles. The second kappa shape index (κ2) is 3.98. The maximum atomic E-state index is 10.9. The second-order valence-electron chi connectivity index (χ2n) is 4.93.